The van der Waals surface area contributed by atoms with E-state index in [-0.39, 0.29) is 23.9 Å². The van der Waals surface area contributed by atoms with Crippen LogP contribution in [0.1, 0.15) is 10.5 Å². The Hall–Kier alpha value is -3.10. The number of halogens is 2. The number of para-hydroxylation sites is 2. The van der Waals surface area contributed by atoms with E-state index in [0.717, 1.165) is 0 Å². The highest BCUT2D eigenvalue weighted by atomic mass is 35.5. The maximum Gasteiger partial charge on any atom is 0.311 e. The molecule has 0 aliphatic heterocycles. The van der Waals surface area contributed by atoms with Crippen LogP contribution in [0.2, 0.25) is 10.0 Å². The smallest absolute Gasteiger partial charge is 0.311 e. The Morgan fingerprint density at radius 2 is 1.96 bits per heavy atom. The molecule has 1 aromatic heterocycles. The molecule has 0 aliphatic rings. The Labute approximate surface area is 163 Å². The molecule has 0 atom stereocenters. The van der Waals surface area contributed by atoms with Crippen LogP contribution in [0.25, 0.3) is 0 Å². The van der Waals surface area contributed by atoms with Crippen LogP contribution in [-0.2, 0) is 6.73 Å². The number of benzene rings is 2. The molecule has 0 fully saturated rings. The third-order valence-corrected chi connectivity index (χ3v) is 4.20. The maximum absolute atomic E-state index is 12.2. The van der Waals surface area contributed by atoms with E-state index in [1.54, 1.807) is 24.3 Å². The van der Waals surface area contributed by atoms with Gasteiger partial charge in [-0.1, -0.05) is 35.3 Å². The first-order chi connectivity index (χ1) is 12.9. The van der Waals surface area contributed by atoms with Crippen LogP contribution in [-0.4, -0.2) is 20.6 Å². The van der Waals surface area contributed by atoms with Crippen molar-refractivity contribution in [2.75, 3.05) is 5.32 Å². The minimum absolute atomic E-state index is 0.0924. The zero-order valence-electron chi connectivity index (χ0n) is 13.6. The van der Waals surface area contributed by atoms with Crippen LogP contribution >= 0.6 is 23.2 Å². The van der Waals surface area contributed by atoms with Crippen LogP contribution in [0.4, 0.5) is 11.4 Å². The number of rotatable bonds is 6. The number of ether oxygens (including phenoxy) is 1. The summed E-state index contributed by atoms with van der Waals surface area (Å²) in [4.78, 5) is 22.7. The van der Waals surface area contributed by atoms with Gasteiger partial charge in [0.05, 0.1) is 15.0 Å². The normalized spacial score (nSPS) is 10.4. The first kappa shape index (κ1) is 18.7. The molecule has 0 saturated carbocycles. The van der Waals surface area contributed by atoms with Crippen molar-refractivity contribution in [3.05, 3.63) is 80.6 Å². The molecular weight excluding hydrogens is 395 g/mol. The van der Waals surface area contributed by atoms with Gasteiger partial charge >= 0.3 is 5.69 Å². The average molecular weight is 407 g/mol. The van der Waals surface area contributed by atoms with E-state index < -0.39 is 10.8 Å². The van der Waals surface area contributed by atoms with Gasteiger partial charge in [-0.15, -0.1) is 0 Å². The Balaban J connectivity index is 1.65. The molecule has 10 heteroatoms. The van der Waals surface area contributed by atoms with Crippen molar-refractivity contribution >= 4 is 40.5 Å². The third kappa shape index (κ3) is 4.55. The van der Waals surface area contributed by atoms with Crippen molar-refractivity contribution in [2.45, 2.75) is 6.73 Å². The van der Waals surface area contributed by atoms with Gasteiger partial charge in [0, 0.05) is 18.0 Å². The molecule has 1 heterocycles. The molecule has 2 aromatic carbocycles. The first-order valence-corrected chi connectivity index (χ1v) is 8.35. The number of hydrogen-bond acceptors (Lipinski definition) is 5. The number of hydrogen-bond donors (Lipinski definition) is 1. The van der Waals surface area contributed by atoms with Crippen molar-refractivity contribution < 1.29 is 14.5 Å². The van der Waals surface area contributed by atoms with Gasteiger partial charge < -0.3 is 10.1 Å². The second kappa shape index (κ2) is 8.07. The lowest BCUT2D eigenvalue weighted by atomic mass is 10.3. The van der Waals surface area contributed by atoms with Gasteiger partial charge in [0.25, 0.3) is 5.91 Å². The summed E-state index contributed by atoms with van der Waals surface area (Å²) in [6.45, 7) is -0.0924. The lowest BCUT2D eigenvalue weighted by Gasteiger charge is -2.07. The van der Waals surface area contributed by atoms with Crippen LogP contribution in [0.5, 0.6) is 5.75 Å². The summed E-state index contributed by atoms with van der Waals surface area (Å²) in [6.07, 6.45) is 1.53. The van der Waals surface area contributed by atoms with E-state index in [2.05, 4.69) is 10.4 Å². The molecule has 3 rings (SSSR count). The summed E-state index contributed by atoms with van der Waals surface area (Å²) in [6, 6.07) is 12.2. The minimum Gasteiger partial charge on any atom is -0.464 e. The number of nitro benzene ring substituents is 1. The molecule has 0 spiro atoms. The number of carbonyl (C=O) groups excluding carboxylic acids is 1. The molecular formula is C17H12Cl2N4O4. The first-order valence-electron chi connectivity index (χ1n) is 7.60. The van der Waals surface area contributed by atoms with Gasteiger partial charge in [-0.05, 0) is 30.3 Å². The van der Waals surface area contributed by atoms with Crippen LogP contribution < -0.4 is 10.1 Å². The number of anilines is 1. The summed E-state index contributed by atoms with van der Waals surface area (Å²) in [5.74, 6) is -0.336. The highest BCUT2D eigenvalue weighted by Crippen LogP contribution is 2.26. The fraction of sp³-hybridized carbons (Fsp3) is 0.0588. The zero-order chi connectivity index (χ0) is 19.4. The van der Waals surface area contributed by atoms with Gasteiger partial charge in [0.2, 0.25) is 0 Å². The van der Waals surface area contributed by atoms with Crippen molar-refractivity contribution in [3.8, 4) is 5.75 Å². The van der Waals surface area contributed by atoms with Gasteiger partial charge in [-0.3, -0.25) is 14.9 Å². The van der Waals surface area contributed by atoms with Crippen LogP contribution in [0.3, 0.4) is 0 Å². The van der Waals surface area contributed by atoms with E-state index in [1.807, 2.05) is 0 Å². The average Bonchev–Trinajstić information content (AvgIpc) is 3.12. The molecule has 27 heavy (non-hydrogen) atoms. The van der Waals surface area contributed by atoms with E-state index >= 15 is 0 Å². The van der Waals surface area contributed by atoms with Gasteiger partial charge in [0.1, 0.15) is 0 Å². The molecule has 0 radical (unpaired) electrons. The third-order valence-electron chi connectivity index (χ3n) is 3.47. The summed E-state index contributed by atoms with van der Waals surface area (Å²) in [5, 5.41) is 18.4. The van der Waals surface area contributed by atoms with Gasteiger partial charge in [-0.2, -0.15) is 5.10 Å². The van der Waals surface area contributed by atoms with E-state index in [4.69, 9.17) is 27.9 Å². The Bertz CT molecular complexity index is 1010. The molecule has 0 aliphatic carbocycles. The lowest BCUT2D eigenvalue weighted by Crippen LogP contribution is -2.14. The fourth-order valence-corrected chi connectivity index (χ4v) is 2.49. The summed E-state index contributed by atoms with van der Waals surface area (Å²) in [7, 11) is 0. The molecule has 0 bridgehead atoms. The largest absolute Gasteiger partial charge is 0.464 e. The quantitative estimate of drug-likeness (QED) is 0.483. The highest BCUT2D eigenvalue weighted by molar-refractivity contribution is 6.42. The molecule has 138 valence electrons. The number of amides is 1. The van der Waals surface area contributed by atoms with Crippen molar-refractivity contribution in [1.82, 2.24) is 9.78 Å². The molecule has 1 N–H and O–H groups in total. The number of aromatic nitrogens is 2. The summed E-state index contributed by atoms with van der Waals surface area (Å²) < 4.78 is 6.77. The molecule has 3 aromatic rings. The zero-order valence-corrected chi connectivity index (χ0v) is 15.1. The number of nitro groups is 1. The molecule has 0 unspecified atom stereocenters. The number of carbonyl (C=O) groups is 1. The second-order valence-electron chi connectivity index (χ2n) is 5.32. The maximum atomic E-state index is 12.2. The lowest BCUT2D eigenvalue weighted by molar-refractivity contribution is -0.386. The van der Waals surface area contributed by atoms with Gasteiger partial charge in [0.15, 0.2) is 18.2 Å². The van der Waals surface area contributed by atoms with E-state index in [0.29, 0.717) is 15.7 Å². The van der Waals surface area contributed by atoms with Crippen molar-refractivity contribution in [1.29, 1.82) is 0 Å². The standard InChI is InChI=1S/C17H12Cl2N4O4/c18-12-6-5-11(9-13(12)19)20-17(24)14-7-8-22(21-14)10-27-16-4-2-1-3-15(16)23(25)26/h1-9H,10H2,(H,20,24). The van der Waals surface area contributed by atoms with Crippen molar-refractivity contribution in [3.63, 3.8) is 0 Å². The highest BCUT2D eigenvalue weighted by Gasteiger charge is 2.15. The molecule has 8 nitrogen and oxygen atoms in total. The van der Waals surface area contributed by atoms with E-state index in [9.17, 15) is 14.9 Å². The molecule has 1 amide bonds. The Morgan fingerprint density at radius 3 is 2.70 bits per heavy atom. The van der Waals surface area contributed by atoms with E-state index in [1.165, 1.54) is 35.1 Å². The Morgan fingerprint density at radius 1 is 1.19 bits per heavy atom. The SMILES string of the molecule is O=C(Nc1ccc(Cl)c(Cl)c1)c1ccn(COc2ccccc2[N+](=O)[O-])n1. The second-order valence-corrected chi connectivity index (χ2v) is 6.14. The number of nitrogens with zero attached hydrogens (tertiary/aromatic N) is 3. The van der Waals surface area contributed by atoms with Crippen molar-refractivity contribution in [2.24, 2.45) is 0 Å². The fourth-order valence-electron chi connectivity index (χ4n) is 2.19. The predicted octanol–water partition coefficient (Wildman–Crippen LogP) is 4.39. The Kier molecular flexibility index (Phi) is 5.58. The monoisotopic (exact) mass is 406 g/mol. The number of nitrogens with one attached hydrogen (secondary N) is 1. The topological polar surface area (TPSA) is 99.3 Å². The molecule has 0 saturated heterocycles. The predicted molar refractivity (Wildman–Crippen MR) is 100 cm³/mol. The summed E-state index contributed by atoms with van der Waals surface area (Å²) in [5.41, 5.74) is 0.467. The minimum atomic E-state index is -0.533. The summed E-state index contributed by atoms with van der Waals surface area (Å²) >= 11 is 11.8. The van der Waals surface area contributed by atoms with Crippen LogP contribution in [0.15, 0.2) is 54.7 Å². The van der Waals surface area contributed by atoms with Gasteiger partial charge in [-0.25, -0.2) is 4.68 Å². The van der Waals surface area contributed by atoms with Crippen LogP contribution in [0, 0.1) is 10.1 Å².